The Morgan fingerprint density at radius 1 is 0.951 bits per heavy atom. The first-order chi connectivity index (χ1) is 28.7. The van der Waals surface area contributed by atoms with Crippen LogP contribution >= 0.6 is 11.6 Å². The van der Waals surface area contributed by atoms with Gasteiger partial charge in [0.25, 0.3) is 0 Å². The minimum atomic E-state index is -1.24. The number of methoxy groups -OCH3 is 1. The van der Waals surface area contributed by atoms with E-state index in [1.807, 2.05) is 65.8 Å². The molecule has 0 spiro atoms. The van der Waals surface area contributed by atoms with Crippen molar-refractivity contribution in [1.29, 1.82) is 0 Å². The van der Waals surface area contributed by atoms with Gasteiger partial charge in [-0.05, 0) is 80.3 Å². The van der Waals surface area contributed by atoms with Gasteiger partial charge < -0.3 is 34.9 Å². The Kier molecular flexibility index (Phi) is 17.5. The normalized spacial score (nSPS) is 24.4. The molecule has 2 aliphatic heterocycles. The van der Waals surface area contributed by atoms with Gasteiger partial charge in [0.15, 0.2) is 11.9 Å². The van der Waals surface area contributed by atoms with Crippen molar-refractivity contribution < 1.29 is 47.7 Å². The molecule has 2 heterocycles. The number of amides is 3. The Hall–Kier alpha value is -4.75. The highest BCUT2D eigenvalue weighted by Gasteiger charge is 2.48. The summed E-state index contributed by atoms with van der Waals surface area (Å²) >= 11 is 6.36. The van der Waals surface area contributed by atoms with Crippen LogP contribution in [-0.4, -0.2) is 79.5 Å². The van der Waals surface area contributed by atoms with E-state index >= 15 is 0 Å². The third-order valence-corrected chi connectivity index (χ3v) is 11.8. The summed E-state index contributed by atoms with van der Waals surface area (Å²) in [4.78, 5) is 79.6. The monoisotopic (exact) mass is 865 g/mol. The minimum absolute atomic E-state index is 0.0227. The number of aryl methyl sites for hydroxylation is 1. The quantitative estimate of drug-likeness (QED) is 0.134. The topological polar surface area (TPSA) is 179 Å². The molecule has 0 radical (unpaired) electrons. The molecule has 0 aromatic heterocycles. The van der Waals surface area contributed by atoms with Crippen LogP contribution < -0.4 is 20.7 Å². The van der Waals surface area contributed by atoms with Crippen LogP contribution in [-0.2, 0) is 55.8 Å². The van der Waals surface area contributed by atoms with Crippen molar-refractivity contribution in [2.75, 3.05) is 13.7 Å². The number of halogens is 1. The lowest BCUT2D eigenvalue weighted by molar-refractivity contribution is -0.179. The van der Waals surface area contributed by atoms with Crippen molar-refractivity contribution >= 4 is 47.0 Å². The molecule has 2 aliphatic rings. The number of Topliss-reactive ketones (excluding diaryl/α,β-unsaturated/α-hetero) is 1. The maximum absolute atomic E-state index is 13.8. The van der Waals surface area contributed by atoms with E-state index < -0.39 is 53.5 Å². The molecule has 1 saturated heterocycles. The predicted molar refractivity (Wildman–Crippen MR) is 232 cm³/mol. The summed E-state index contributed by atoms with van der Waals surface area (Å²) in [6.07, 6.45) is 1.56. The van der Waals surface area contributed by atoms with Gasteiger partial charge >= 0.3 is 11.9 Å². The van der Waals surface area contributed by atoms with Crippen LogP contribution in [0.4, 0.5) is 0 Å². The average molecular weight is 866 g/mol. The van der Waals surface area contributed by atoms with E-state index in [0.29, 0.717) is 22.8 Å². The number of carbonyl (C=O) groups excluding carboxylic acids is 6. The molecule has 0 aliphatic carbocycles. The molecule has 2 aromatic rings. The van der Waals surface area contributed by atoms with Crippen molar-refractivity contribution in [1.82, 2.24) is 16.0 Å². The standard InChI is InChI=1S/C47H64ClN3O10/c1-26(2)22-39-45(56)59-37(29(6)41-42(61-41)33-18-14-31(15-19-33)16-20-36(52)30(7)50-43(54)28(5)27(3)4)12-11-13-40(53)51-35(24-32-17-21-38(58-10)34(48)23-32)44(55)49-25-47(8,9)46(57)60-39/h11,13-15,17-19,21,23,26-30,35,37,39,41-42H,12,16,20,22,24-25H2,1-10H3,(H,49,55)(H,50,54)(H,51,53)/b13-11+/t28-,29-,30-,35?,37-,39-,41+,42+/m0/s1. The van der Waals surface area contributed by atoms with Crippen molar-refractivity contribution in [2.45, 2.75) is 131 Å². The van der Waals surface area contributed by atoms with Crippen LogP contribution in [0.15, 0.2) is 54.6 Å². The number of epoxide rings is 1. The second kappa shape index (κ2) is 21.9. The van der Waals surface area contributed by atoms with Gasteiger partial charge in [-0.1, -0.05) is 89.6 Å². The molecular weight excluding hydrogens is 802 g/mol. The molecule has 0 bridgehead atoms. The maximum atomic E-state index is 13.8. The number of benzene rings is 2. The van der Waals surface area contributed by atoms with Gasteiger partial charge in [-0.25, -0.2) is 4.79 Å². The predicted octanol–water partition coefficient (Wildman–Crippen LogP) is 6.42. The van der Waals surface area contributed by atoms with Gasteiger partial charge in [0.05, 0.1) is 29.7 Å². The number of ether oxygens (including phenoxy) is 4. The smallest absolute Gasteiger partial charge is 0.347 e. The van der Waals surface area contributed by atoms with E-state index in [1.54, 1.807) is 45.0 Å². The largest absolute Gasteiger partial charge is 0.495 e. The van der Waals surface area contributed by atoms with Crippen LogP contribution in [0.1, 0.15) is 104 Å². The number of cyclic esters (lactones) is 2. The Bertz CT molecular complexity index is 1910. The minimum Gasteiger partial charge on any atom is -0.495 e. The lowest BCUT2D eigenvalue weighted by Crippen LogP contribution is -2.51. The number of esters is 2. The molecule has 3 N–H and O–H groups in total. The summed E-state index contributed by atoms with van der Waals surface area (Å²) in [5, 5.41) is 8.73. The molecule has 2 aromatic carbocycles. The molecule has 334 valence electrons. The Morgan fingerprint density at radius 3 is 2.25 bits per heavy atom. The van der Waals surface area contributed by atoms with Crippen molar-refractivity contribution in [3.8, 4) is 5.75 Å². The number of rotatable bonds is 15. The first-order valence-electron chi connectivity index (χ1n) is 21.3. The van der Waals surface area contributed by atoms with Crippen molar-refractivity contribution in [3.05, 3.63) is 76.3 Å². The molecule has 61 heavy (non-hydrogen) atoms. The van der Waals surface area contributed by atoms with E-state index in [4.69, 9.17) is 30.5 Å². The second-order valence-electron chi connectivity index (χ2n) is 17.8. The molecule has 0 saturated carbocycles. The van der Waals surface area contributed by atoms with Gasteiger partial charge in [-0.15, -0.1) is 0 Å². The van der Waals surface area contributed by atoms with E-state index in [1.165, 1.54) is 13.2 Å². The van der Waals surface area contributed by atoms with E-state index in [9.17, 15) is 28.8 Å². The van der Waals surface area contributed by atoms with Crippen molar-refractivity contribution in [3.63, 3.8) is 0 Å². The fourth-order valence-electron chi connectivity index (χ4n) is 6.91. The second-order valence-corrected chi connectivity index (χ2v) is 18.2. The highest BCUT2D eigenvalue weighted by Crippen LogP contribution is 2.45. The fraction of sp³-hybridized carbons (Fsp3) is 0.574. The van der Waals surface area contributed by atoms with Crippen LogP contribution in [0.2, 0.25) is 5.02 Å². The number of carbonyl (C=O) groups is 6. The molecule has 13 nitrogen and oxygen atoms in total. The zero-order valence-electron chi connectivity index (χ0n) is 37.2. The van der Waals surface area contributed by atoms with E-state index in [0.717, 1.165) is 11.1 Å². The van der Waals surface area contributed by atoms with Crippen LogP contribution in [0, 0.1) is 29.1 Å². The lowest BCUT2D eigenvalue weighted by atomic mass is 9.92. The number of hydrogen-bond acceptors (Lipinski definition) is 10. The molecule has 14 heteroatoms. The van der Waals surface area contributed by atoms with Gasteiger partial charge in [-0.2, -0.15) is 0 Å². The van der Waals surface area contributed by atoms with Crippen molar-refractivity contribution in [2.24, 2.45) is 29.1 Å². The number of nitrogens with one attached hydrogen (secondary N) is 3. The van der Waals surface area contributed by atoms with Crippen LogP contribution in [0.3, 0.4) is 0 Å². The zero-order chi connectivity index (χ0) is 45.2. The summed E-state index contributed by atoms with van der Waals surface area (Å²) < 4.78 is 23.4. The molecule has 4 rings (SSSR count). The first-order valence-corrected chi connectivity index (χ1v) is 21.6. The van der Waals surface area contributed by atoms with E-state index in [-0.39, 0.29) is 79.8 Å². The molecule has 1 unspecified atom stereocenters. The SMILES string of the molecule is COc1ccc(CC2NC(=O)/C=C/C[C@@H]([C@H](C)[C@H]3O[C@@H]3c3ccc(CCC(=O)[C@H](C)NC(=O)[C@@H](C)C(C)C)cc3)OC(=O)[C@H](CC(C)C)OC(=O)C(C)(C)CNC2=O)cc1Cl. The molecular formula is C47H64ClN3O10. The summed E-state index contributed by atoms with van der Waals surface area (Å²) in [6.45, 7) is 16.3. The Morgan fingerprint density at radius 2 is 1.62 bits per heavy atom. The maximum Gasteiger partial charge on any atom is 0.347 e. The molecule has 1 fully saturated rings. The van der Waals surface area contributed by atoms with Gasteiger partial charge in [0.2, 0.25) is 17.7 Å². The van der Waals surface area contributed by atoms with Gasteiger partial charge in [0, 0.05) is 37.6 Å². The zero-order valence-corrected chi connectivity index (χ0v) is 37.9. The summed E-state index contributed by atoms with van der Waals surface area (Å²) in [5.41, 5.74) is 1.32. The summed E-state index contributed by atoms with van der Waals surface area (Å²) in [6, 6.07) is 11.3. The van der Waals surface area contributed by atoms with Crippen LogP contribution in [0.5, 0.6) is 5.75 Å². The number of ketones is 1. The highest BCUT2D eigenvalue weighted by molar-refractivity contribution is 6.32. The van der Waals surface area contributed by atoms with Crippen LogP contribution in [0.25, 0.3) is 0 Å². The first kappa shape index (κ1) is 48.9. The third kappa shape index (κ3) is 14.1. The Labute approximate surface area is 365 Å². The van der Waals surface area contributed by atoms with Gasteiger partial charge in [0.1, 0.15) is 24.0 Å². The number of hydrogen-bond donors (Lipinski definition) is 3. The van der Waals surface area contributed by atoms with E-state index in [2.05, 4.69) is 16.0 Å². The third-order valence-electron chi connectivity index (χ3n) is 11.5. The molecule has 3 amide bonds. The summed E-state index contributed by atoms with van der Waals surface area (Å²) in [5.74, 6) is -2.54. The molecule has 8 atom stereocenters. The Balaban J connectivity index is 1.49. The highest BCUT2D eigenvalue weighted by atomic mass is 35.5. The lowest BCUT2D eigenvalue weighted by Gasteiger charge is -2.29. The summed E-state index contributed by atoms with van der Waals surface area (Å²) in [7, 11) is 1.50. The average Bonchev–Trinajstić information content (AvgIpc) is 4.01. The fourth-order valence-corrected chi connectivity index (χ4v) is 7.19. The van der Waals surface area contributed by atoms with Gasteiger partial charge in [-0.3, -0.25) is 24.0 Å².